The van der Waals surface area contributed by atoms with Crippen LogP contribution in [0, 0.1) is 0 Å². The third-order valence-electron chi connectivity index (χ3n) is 4.24. The number of aromatic nitrogens is 2. The molecule has 0 aliphatic rings. The molecule has 5 heteroatoms. The van der Waals surface area contributed by atoms with Crippen LogP contribution in [0.25, 0.3) is 0 Å². The number of hydrogen-bond donors (Lipinski definition) is 1. The van der Waals surface area contributed by atoms with Gasteiger partial charge in [0.1, 0.15) is 18.4 Å². The molecule has 0 saturated carbocycles. The zero-order valence-corrected chi connectivity index (χ0v) is 14.8. The molecule has 1 amide bonds. The third kappa shape index (κ3) is 4.96. The van der Waals surface area contributed by atoms with Gasteiger partial charge in [-0.15, -0.1) is 0 Å². The van der Waals surface area contributed by atoms with Gasteiger partial charge >= 0.3 is 0 Å². The predicted octanol–water partition coefficient (Wildman–Crippen LogP) is 3.38. The van der Waals surface area contributed by atoms with Gasteiger partial charge in [0.25, 0.3) is 0 Å². The van der Waals surface area contributed by atoms with Crippen molar-refractivity contribution >= 4 is 5.91 Å². The molecule has 2 aromatic carbocycles. The van der Waals surface area contributed by atoms with E-state index in [4.69, 9.17) is 4.74 Å². The molecule has 5 nitrogen and oxygen atoms in total. The first-order valence-electron chi connectivity index (χ1n) is 8.73. The number of nitrogens with one attached hydrogen (secondary N) is 1. The van der Waals surface area contributed by atoms with Crippen molar-refractivity contribution in [1.29, 1.82) is 0 Å². The van der Waals surface area contributed by atoms with Crippen molar-refractivity contribution in [1.82, 2.24) is 14.9 Å². The van der Waals surface area contributed by atoms with E-state index in [0.29, 0.717) is 13.2 Å². The van der Waals surface area contributed by atoms with Crippen molar-refractivity contribution in [2.75, 3.05) is 6.54 Å². The smallest absolute Gasteiger partial charge is 0.242 e. The molecule has 26 heavy (non-hydrogen) atoms. The fourth-order valence-electron chi connectivity index (χ4n) is 2.60. The molecular formula is C21H23N3O2. The van der Waals surface area contributed by atoms with Gasteiger partial charge in [0, 0.05) is 18.9 Å². The standard InChI is InChI=1S/C21H23N3O2/c1-17(24-14-13-22-16-24)21(25)23-12-11-18-7-9-20(10-8-18)26-15-19-5-3-2-4-6-19/h2-10,13-14,16-17H,11-12,15H2,1H3,(H,23,25)/t17-/m1/s1. The van der Waals surface area contributed by atoms with Crippen LogP contribution in [0.3, 0.4) is 0 Å². The Balaban J connectivity index is 1.42. The molecule has 0 saturated heterocycles. The molecule has 0 bridgehead atoms. The summed E-state index contributed by atoms with van der Waals surface area (Å²) in [5.74, 6) is 0.834. The number of rotatable bonds is 8. The van der Waals surface area contributed by atoms with Gasteiger partial charge in [0.2, 0.25) is 5.91 Å². The van der Waals surface area contributed by atoms with Crippen LogP contribution in [-0.4, -0.2) is 22.0 Å². The minimum Gasteiger partial charge on any atom is -0.489 e. The maximum Gasteiger partial charge on any atom is 0.242 e. The minimum absolute atomic E-state index is 0.00851. The summed E-state index contributed by atoms with van der Waals surface area (Å²) in [6, 6.07) is 17.8. The summed E-state index contributed by atoms with van der Waals surface area (Å²) < 4.78 is 7.57. The second-order valence-electron chi connectivity index (χ2n) is 6.15. The van der Waals surface area contributed by atoms with Crippen molar-refractivity contribution < 1.29 is 9.53 Å². The lowest BCUT2D eigenvalue weighted by atomic mass is 10.1. The van der Waals surface area contributed by atoms with Crippen LogP contribution in [0.4, 0.5) is 0 Å². The Hall–Kier alpha value is -3.08. The molecule has 1 atom stereocenters. The van der Waals surface area contributed by atoms with E-state index in [0.717, 1.165) is 23.3 Å². The Bertz CT molecular complexity index is 799. The van der Waals surface area contributed by atoms with Crippen molar-refractivity contribution in [3.8, 4) is 5.75 Å². The Morgan fingerprint density at radius 1 is 1.12 bits per heavy atom. The molecule has 0 aliphatic carbocycles. The average Bonchev–Trinajstić information content (AvgIpc) is 3.22. The van der Waals surface area contributed by atoms with Crippen LogP contribution in [-0.2, 0) is 17.8 Å². The number of ether oxygens (including phenoxy) is 1. The highest BCUT2D eigenvalue weighted by molar-refractivity contribution is 5.79. The van der Waals surface area contributed by atoms with Crippen LogP contribution >= 0.6 is 0 Å². The number of hydrogen-bond acceptors (Lipinski definition) is 3. The Kier molecular flexibility index (Phi) is 6.04. The molecule has 3 aromatic rings. The van der Waals surface area contributed by atoms with E-state index in [1.807, 2.05) is 61.5 Å². The molecule has 0 unspecified atom stereocenters. The number of imidazole rings is 1. The summed E-state index contributed by atoms with van der Waals surface area (Å²) in [4.78, 5) is 16.1. The van der Waals surface area contributed by atoms with Crippen molar-refractivity contribution in [2.24, 2.45) is 0 Å². The van der Waals surface area contributed by atoms with Crippen molar-refractivity contribution in [2.45, 2.75) is 26.0 Å². The predicted molar refractivity (Wildman–Crippen MR) is 101 cm³/mol. The Morgan fingerprint density at radius 2 is 1.88 bits per heavy atom. The van der Waals surface area contributed by atoms with Gasteiger partial charge in [-0.1, -0.05) is 42.5 Å². The van der Waals surface area contributed by atoms with Gasteiger partial charge in [-0.2, -0.15) is 0 Å². The highest BCUT2D eigenvalue weighted by Gasteiger charge is 2.13. The second-order valence-corrected chi connectivity index (χ2v) is 6.15. The summed E-state index contributed by atoms with van der Waals surface area (Å²) in [6.45, 7) is 3.01. The zero-order chi connectivity index (χ0) is 18.2. The normalized spacial score (nSPS) is 11.7. The Labute approximate surface area is 153 Å². The lowest BCUT2D eigenvalue weighted by molar-refractivity contribution is -0.123. The summed E-state index contributed by atoms with van der Waals surface area (Å²) >= 11 is 0. The molecule has 1 aromatic heterocycles. The first-order valence-corrected chi connectivity index (χ1v) is 8.73. The van der Waals surface area contributed by atoms with Crippen LogP contribution in [0.1, 0.15) is 24.1 Å². The molecule has 0 spiro atoms. The van der Waals surface area contributed by atoms with Gasteiger partial charge in [-0.25, -0.2) is 4.98 Å². The van der Waals surface area contributed by atoms with Crippen molar-refractivity contribution in [3.63, 3.8) is 0 Å². The average molecular weight is 349 g/mol. The highest BCUT2D eigenvalue weighted by atomic mass is 16.5. The summed E-state index contributed by atoms with van der Waals surface area (Å²) in [5, 5.41) is 2.96. The SMILES string of the molecule is C[C@H](C(=O)NCCc1ccc(OCc2ccccc2)cc1)n1ccnc1. The number of amides is 1. The molecule has 0 radical (unpaired) electrons. The molecule has 0 fully saturated rings. The number of nitrogens with zero attached hydrogens (tertiary/aromatic N) is 2. The lowest BCUT2D eigenvalue weighted by Crippen LogP contribution is -2.32. The molecular weight excluding hydrogens is 326 g/mol. The first kappa shape index (κ1) is 17.7. The molecule has 1 heterocycles. The van der Waals surface area contributed by atoms with Crippen LogP contribution in [0.5, 0.6) is 5.75 Å². The van der Waals surface area contributed by atoms with E-state index in [-0.39, 0.29) is 11.9 Å². The van der Waals surface area contributed by atoms with Gasteiger partial charge in [-0.3, -0.25) is 4.79 Å². The first-order chi connectivity index (χ1) is 12.7. The lowest BCUT2D eigenvalue weighted by Gasteiger charge is -2.13. The molecule has 3 rings (SSSR count). The fraction of sp³-hybridized carbons (Fsp3) is 0.238. The van der Waals surface area contributed by atoms with Crippen LogP contribution in [0.15, 0.2) is 73.3 Å². The number of carbonyl (C=O) groups is 1. The summed E-state index contributed by atoms with van der Waals surface area (Å²) in [7, 11) is 0. The molecule has 0 aliphatic heterocycles. The monoisotopic (exact) mass is 349 g/mol. The third-order valence-corrected chi connectivity index (χ3v) is 4.24. The zero-order valence-electron chi connectivity index (χ0n) is 14.8. The van der Waals surface area contributed by atoms with Gasteiger partial charge < -0.3 is 14.6 Å². The Morgan fingerprint density at radius 3 is 2.58 bits per heavy atom. The number of carbonyl (C=O) groups excluding carboxylic acids is 1. The van der Waals surface area contributed by atoms with E-state index >= 15 is 0 Å². The highest BCUT2D eigenvalue weighted by Crippen LogP contribution is 2.14. The van der Waals surface area contributed by atoms with E-state index < -0.39 is 0 Å². The van der Waals surface area contributed by atoms with E-state index in [2.05, 4.69) is 10.3 Å². The second kappa shape index (κ2) is 8.85. The summed E-state index contributed by atoms with van der Waals surface area (Å²) in [5.41, 5.74) is 2.30. The van der Waals surface area contributed by atoms with Gasteiger partial charge in [-0.05, 0) is 36.6 Å². The molecule has 134 valence electrons. The van der Waals surface area contributed by atoms with E-state index in [9.17, 15) is 4.79 Å². The minimum atomic E-state index is -0.258. The van der Waals surface area contributed by atoms with E-state index in [1.165, 1.54) is 0 Å². The topological polar surface area (TPSA) is 56.1 Å². The quantitative estimate of drug-likeness (QED) is 0.678. The van der Waals surface area contributed by atoms with E-state index in [1.54, 1.807) is 23.3 Å². The number of benzene rings is 2. The fourth-order valence-corrected chi connectivity index (χ4v) is 2.60. The largest absolute Gasteiger partial charge is 0.489 e. The molecule has 1 N–H and O–H groups in total. The maximum absolute atomic E-state index is 12.1. The van der Waals surface area contributed by atoms with Crippen LogP contribution in [0.2, 0.25) is 0 Å². The van der Waals surface area contributed by atoms with Gasteiger partial charge in [0.05, 0.1) is 6.33 Å². The van der Waals surface area contributed by atoms with Gasteiger partial charge in [0.15, 0.2) is 0 Å². The summed E-state index contributed by atoms with van der Waals surface area (Å²) in [6.07, 6.45) is 5.89. The van der Waals surface area contributed by atoms with Crippen molar-refractivity contribution in [3.05, 3.63) is 84.4 Å². The van der Waals surface area contributed by atoms with Crippen LogP contribution < -0.4 is 10.1 Å². The maximum atomic E-state index is 12.1.